The number of rotatable bonds is 7. The van der Waals surface area contributed by atoms with Crippen LogP contribution in [0.25, 0.3) is 0 Å². The summed E-state index contributed by atoms with van der Waals surface area (Å²) in [5.41, 5.74) is 1.85. The molecule has 144 valence electrons. The number of aryl methyl sites for hydroxylation is 1. The molecule has 7 nitrogen and oxygen atoms in total. The molecule has 3 rings (SSSR count). The number of nitrogens with one attached hydrogen (secondary N) is 1. The molecule has 0 saturated heterocycles. The molecule has 8 heteroatoms. The number of anilines is 1. The predicted molar refractivity (Wildman–Crippen MR) is 106 cm³/mol. The van der Waals surface area contributed by atoms with E-state index in [4.69, 9.17) is 0 Å². The van der Waals surface area contributed by atoms with Gasteiger partial charge in [-0.25, -0.2) is 0 Å². The maximum Gasteiger partial charge on any atom is 0.243 e. The molecule has 1 heterocycles. The lowest BCUT2D eigenvalue weighted by Crippen LogP contribution is -2.39. The predicted octanol–water partition coefficient (Wildman–Crippen LogP) is 2.58. The molecule has 0 unspecified atom stereocenters. The van der Waals surface area contributed by atoms with E-state index < -0.39 is 0 Å². The van der Waals surface area contributed by atoms with Gasteiger partial charge in [-0.05, 0) is 38.8 Å². The average Bonchev–Trinajstić information content (AvgIpc) is 3.41. The highest BCUT2D eigenvalue weighted by Crippen LogP contribution is 2.39. The number of aromatic nitrogens is 3. The molecule has 2 aromatic rings. The van der Waals surface area contributed by atoms with Crippen molar-refractivity contribution in [2.75, 3.05) is 18.9 Å². The number of carbonyl (C=O) groups excluding carboxylic acids is 2. The third kappa shape index (κ3) is 4.88. The Hall–Kier alpha value is -2.35. The van der Waals surface area contributed by atoms with Gasteiger partial charge in [-0.2, -0.15) is 0 Å². The van der Waals surface area contributed by atoms with E-state index in [2.05, 4.69) is 15.5 Å². The third-order valence-corrected chi connectivity index (χ3v) is 5.65. The minimum Gasteiger partial charge on any atom is -0.335 e. The Bertz CT molecular complexity index is 829. The monoisotopic (exact) mass is 387 g/mol. The standard InChI is InChI=1S/C19H25N5O2S/c1-12-5-9-15(10-6-12)20-16(25)11-23(3)18(26)13(2)27-19-22-21-17(24(19)4)14-7-8-14/h5-6,9-10,13-14H,7-8,11H2,1-4H3,(H,20,25)/t13-/m0/s1. The summed E-state index contributed by atoms with van der Waals surface area (Å²) in [4.78, 5) is 26.2. The van der Waals surface area contributed by atoms with Crippen LogP contribution in [0.4, 0.5) is 5.69 Å². The Balaban J connectivity index is 1.52. The Kier molecular flexibility index (Phi) is 5.84. The Labute approximate surface area is 163 Å². The van der Waals surface area contributed by atoms with E-state index in [1.54, 1.807) is 7.05 Å². The van der Waals surface area contributed by atoms with Crippen LogP contribution in [0, 0.1) is 6.92 Å². The van der Waals surface area contributed by atoms with Gasteiger partial charge in [0.25, 0.3) is 0 Å². The zero-order chi connectivity index (χ0) is 19.6. The molecule has 0 radical (unpaired) electrons. The van der Waals surface area contributed by atoms with Gasteiger partial charge in [0.2, 0.25) is 11.8 Å². The van der Waals surface area contributed by atoms with Gasteiger partial charge in [0.05, 0.1) is 11.8 Å². The molecule has 1 saturated carbocycles. The van der Waals surface area contributed by atoms with Crippen molar-refractivity contribution in [1.82, 2.24) is 19.7 Å². The Morgan fingerprint density at radius 1 is 1.30 bits per heavy atom. The molecule has 1 aromatic carbocycles. The average molecular weight is 388 g/mol. The van der Waals surface area contributed by atoms with Crippen molar-refractivity contribution >= 4 is 29.3 Å². The summed E-state index contributed by atoms with van der Waals surface area (Å²) in [5, 5.41) is 11.6. The number of likely N-dealkylation sites (N-methyl/N-ethyl adjacent to an activating group) is 1. The first kappa shape index (κ1) is 19.4. The largest absolute Gasteiger partial charge is 0.335 e. The molecular formula is C19H25N5O2S. The summed E-state index contributed by atoms with van der Waals surface area (Å²) in [5.74, 6) is 1.16. The molecule has 1 N–H and O–H groups in total. The smallest absolute Gasteiger partial charge is 0.243 e. The van der Waals surface area contributed by atoms with Crippen LogP contribution in [-0.2, 0) is 16.6 Å². The fourth-order valence-electron chi connectivity index (χ4n) is 2.78. The first-order valence-electron chi connectivity index (χ1n) is 9.02. The SMILES string of the molecule is Cc1ccc(NC(=O)CN(C)C(=O)[C@H](C)Sc2nnc(C3CC3)n2C)cc1. The number of hydrogen-bond acceptors (Lipinski definition) is 5. The lowest BCUT2D eigenvalue weighted by Gasteiger charge is -2.20. The van der Waals surface area contributed by atoms with E-state index in [1.165, 1.54) is 16.7 Å². The number of amides is 2. The molecule has 1 aliphatic rings. The van der Waals surface area contributed by atoms with Gasteiger partial charge in [0, 0.05) is 25.7 Å². The molecule has 1 fully saturated rings. The lowest BCUT2D eigenvalue weighted by molar-refractivity contribution is -0.132. The molecule has 0 spiro atoms. The van der Waals surface area contributed by atoms with Gasteiger partial charge in [0.1, 0.15) is 5.82 Å². The number of carbonyl (C=O) groups is 2. The van der Waals surface area contributed by atoms with E-state index in [9.17, 15) is 9.59 Å². The van der Waals surface area contributed by atoms with Gasteiger partial charge >= 0.3 is 0 Å². The first-order valence-corrected chi connectivity index (χ1v) is 9.90. The van der Waals surface area contributed by atoms with E-state index in [1.807, 2.05) is 49.7 Å². The zero-order valence-electron chi connectivity index (χ0n) is 16.1. The van der Waals surface area contributed by atoms with Crippen molar-refractivity contribution in [1.29, 1.82) is 0 Å². The minimum atomic E-state index is -0.350. The molecular weight excluding hydrogens is 362 g/mol. The fraction of sp³-hybridized carbons (Fsp3) is 0.474. The summed E-state index contributed by atoms with van der Waals surface area (Å²) in [7, 11) is 3.58. The van der Waals surface area contributed by atoms with Crippen LogP contribution in [0.3, 0.4) is 0 Å². The van der Waals surface area contributed by atoms with Gasteiger partial charge in [0.15, 0.2) is 5.16 Å². The second-order valence-corrected chi connectivity index (χ2v) is 8.35. The topological polar surface area (TPSA) is 80.1 Å². The van der Waals surface area contributed by atoms with E-state index >= 15 is 0 Å². The van der Waals surface area contributed by atoms with Gasteiger partial charge < -0.3 is 14.8 Å². The van der Waals surface area contributed by atoms with Crippen molar-refractivity contribution < 1.29 is 9.59 Å². The molecule has 1 aromatic heterocycles. The highest BCUT2D eigenvalue weighted by atomic mass is 32.2. The Morgan fingerprint density at radius 3 is 2.59 bits per heavy atom. The van der Waals surface area contributed by atoms with Crippen LogP contribution in [-0.4, -0.2) is 50.3 Å². The van der Waals surface area contributed by atoms with Crippen molar-refractivity contribution in [2.45, 2.75) is 43.0 Å². The molecule has 2 amide bonds. The van der Waals surface area contributed by atoms with Crippen LogP contribution in [0.5, 0.6) is 0 Å². The molecule has 27 heavy (non-hydrogen) atoms. The highest BCUT2D eigenvalue weighted by molar-refractivity contribution is 8.00. The molecule has 0 bridgehead atoms. The number of hydrogen-bond donors (Lipinski definition) is 1. The van der Waals surface area contributed by atoms with Gasteiger partial charge in [-0.15, -0.1) is 10.2 Å². The second-order valence-electron chi connectivity index (χ2n) is 7.04. The van der Waals surface area contributed by atoms with Gasteiger partial charge in [-0.3, -0.25) is 9.59 Å². The maximum absolute atomic E-state index is 12.6. The minimum absolute atomic E-state index is 0.00372. The number of nitrogens with zero attached hydrogens (tertiary/aromatic N) is 4. The van der Waals surface area contributed by atoms with Crippen LogP contribution in [0.1, 0.15) is 37.1 Å². The van der Waals surface area contributed by atoms with E-state index in [0.29, 0.717) is 5.92 Å². The van der Waals surface area contributed by atoms with Crippen LogP contribution < -0.4 is 5.32 Å². The van der Waals surface area contributed by atoms with Crippen molar-refractivity contribution in [3.05, 3.63) is 35.7 Å². The van der Waals surface area contributed by atoms with Crippen LogP contribution in [0.2, 0.25) is 0 Å². The summed E-state index contributed by atoms with van der Waals surface area (Å²) in [6, 6.07) is 7.55. The van der Waals surface area contributed by atoms with E-state index in [-0.39, 0.29) is 23.6 Å². The normalized spacial score (nSPS) is 14.7. The summed E-state index contributed by atoms with van der Waals surface area (Å²) in [6.45, 7) is 3.82. The fourth-order valence-corrected chi connectivity index (χ4v) is 3.71. The first-order chi connectivity index (χ1) is 12.8. The summed E-state index contributed by atoms with van der Waals surface area (Å²) < 4.78 is 1.97. The van der Waals surface area contributed by atoms with Crippen LogP contribution >= 0.6 is 11.8 Å². The van der Waals surface area contributed by atoms with Crippen molar-refractivity contribution in [3.63, 3.8) is 0 Å². The third-order valence-electron chi connectivity index (χ3n) is 4.53. The second kappa shape index (κ2) is 8.12. The van der Waals surface area contributed by atoms with E-state index in [0.717, 1.165) is 35.1 Å². The van der Waals surface area contributed by atoms with Crippen molar-refractivity contribution in [2.24, 2.45) is 7.05 Å². The zero-order valence-corrected chi connectivity index (χ0v) is 16.9. The maximum atomic E-state index is 12.6. The number of benzene rings is 1. The summed E-state index contributed by atoms with van der Waals surface area (Å²) in [6.07, 6.45) is 2.31. The highest BCUT2D eigenvalue weighted by Gasteiger charge is 2.30. The molecule has 1 aliphatic carbocycles. The summed E-state index contributed by atoms with van der Waals surface area (Å²) >= 11 is 1.37. The van der Waals surface area contributed by atoms with Crippen molar-refractivity contribution in [3.8, 4) is 0 Å². The molecule has 1 atom stereocenters. The molecule has 0 aliphatic heterocycles. The van der Waals surface area contributed by atoms with Gasteiger partial charge in [-0.1, -0.05) is 29.5 Å². The number of thioether (sulfide) groups is 1. The quantitative estimate of drug-likeness (QED) is 0.739. The Morgan fingerprint density at radius 2 is 1.96 bits per heavy atom. The van der Waals surface area contributed by atoms with Crippen LogP contribution in [0.15, 0.2) is 29.4 Å². The lowest BCUT2D eigenvalue weighted by atomic mass is 10.2.